The van der Waals surface area contributed by atoms with Crippen molar-refractivity contribution < 1.29 is 4.74 Å². The van der Waals surface area contributed by atoms with Gasteiger partial charge in [-0.15, -0.1) is 24.0 Å². The number of hydrogen-bond acceptors (Lipinski definition) is 2. The minimum Gasteiger partial charge on any atom is -0.496 e. The number of para-hydroxylation sites is 1. The Morgan fingerprint density at radius 1 is 1.25 bits per heavy atom. The third-order valence-electron chi connectivity index (χ3n) is 2.78. The summed E-state index contributed by atoms with van der Waals surface area (Å²) in [5.41, 5.74) is 1.21. The Balaban J connectivity index is 0.00000361. The zero-order chi connectivity index (χ0) is 14.1. The van der Waals surface area contributed by atoms with Crippen LogP contribution < -0.4 is 15.4 Å². The van der Waals surface area contributed by atoms with Crippen LogP contribution in [-0.4, -0.2) is 33.2 Å². The highest BCUT2D eigenvalue weighted by molar-refractivity contribution is 14.0. The standard InChI is InChI=1S/C15H25N3O.HI/c1-12(2)11-18-15(16-3)17-10-9-13-7-5-6-8-14(13)19-4;/h5-8,12H,9-11H2,1-4H3,(H2,16,17,18);1H. The molecule has 0 atom stereocenters. The summed E-state index contributed by atoms with van der Waals surface area (Å²) in [6, 6.07) is 8.09. The molecule has 1 aromatic rings. The molecule has 2 N–H and O–H groups in total. The molecule has 0 heterocycles. The normalized spacial score (nSPS) is 10.9. The molecule has 0 unspecified atom stereocenters. The Kier molecular flexibility index (Phi) is 10.2. The molecule has 0 aliphatic rings. The molecule has 0 saturated heterocycles. The van der Waals surface area contributed by atoms with Gasteiger partial charge in [0.15, 0.2) is 5.96 Å². The second-order valence-corrected chi connectivity index (χ2v) is 4.84. The summed E-state index contributed by atoms with van der Waals surface area (Å²) in [5.74, 6) is 2.39. The van der Waals surface area contributed by atoms with E-state index in [1.165, 1.54) is 5.56 Å². The largest absolute Gasteiger partial charge is 0.496 e. The summed E-state index contributed by atoms with van der Waals surface area (Å²) in [5, 5.41) is 6.60. The van der Waals surface area contributed by atoms with Crippen LogP contribution in [0.25, 0.3) is 0 Å². The highest BCUT2D eigenvalue weighted by Crippen LogP contribution is 2.17. The molecule has 0 saturated carbocycles. The summed E-state index contributed by atoms with van der Waals surface area (Å²) in [6.07, 6.45) is 0.909. The molecule has 1 rings (SSSR count). The van der Waals surface area contributed by atoms with Crippen LogP contribution in [0.15, 0.2) is 29.3 Å². The van der Waals surface area contributed by atoms with Crippen molar-refractivity contribution in [1.29, 1.82) is 0 Å². The Bertz CT molecular complexity index is 408. The Morgan fingerprint density at radius 2 is 1.95 bits per heavy atom. The predicted octanol–water partition coefficient (Wildman–Crippen LogP) is 2.68. The summed E-state index contributed by atoms with van der Waals surface area (Å²) in [7, 11) is 3.49. The van der Waals surface area contributed by atoms with Crippen molar-refractivity contribution in [3.8, 4) is 5.75 Å². The zero-order valence-electron chi connectivity index (χ0n) is 12.8. The van der Waals surface area contributed by atoms with Crippen LogP contribution in [0.5, 0.6) is 5.75 Å². The molecule has 0 aromatic heterocycles. The topological polar surface area (TPSA) is 45.7 Å². The molecule has 5 heteroatoms. The monoisotopic (exact) mass is 391 g/mol. The van der Waals surface area contributed by atoms with Crippen molar-refractivity contribution in [2.24, 2.45) is 10.9 Å². The van der Waals surface area contributed by atoms with Crippen LogP contribution in [0.1, 0.15) is 19.4 Å². The molecule has 20 heavy (non-hydrogen) atoms. The Labute approximate surface area is 139 Å². The van der Waals surface area contributed by atoms with Gasteiger partial charge in [0.1, 0.15) is 5.75 Å². The first-order valence-corrected chi connectivity index (χ1v) is 6.73. The van der Waals surface area contributed by atoms with Gasteiger partial charge < -0.3 is 15.4 Å². The van der Waals surface area contributed by atoms with Gasteiger partial charge in [-0.3, -0.25) is 4.99 Å². The van der Waals surface area contributed by atoms with Gasteiger partial charge in [-0.2, -0.15) is 0 Å². The second kappa shape index (κ2) is 10.8. The first-order valence-electron chi connectivity index (χ1n) is 6.73. The van der Waals surface area contributed by atoms with Crippen LogP contribution in [0.3, 0.4) is 0 Å². The van der Waals surface area contributed by atoms with Gasteiger partial charge in [-0.05, 0) is 24.0 Å². The number of nitrogens with one attached hydrogen (secondary N) is 2. The summed E-state index contributed by atoms with van der Waals surface area (Å²) in [4.78, 5) is 4.20. The van der Waals surface area contributed by atoms with E-state index in [0.717, 1.165) is 31.2 Å². The fraction of sp³-hybridized carbons (Fsp3) is 0.533. The number of halogens is 1. The van der Waals surface area contributed by atoms with E-state index in [4.69, 9.17) is 4.74 Å². The van der Waals surface area contributed by atoms with E-state index in [2.05, 4.69) is 35.5 Å². The molecule has 0 fully saturated rings. The maximum atomic E-state index is 5.33. The molecular weight excluding hydrogens is 365 g/mol. The molecule has 114 valence electrons. The summed E-state index contributed by atoms with van der Waals surface area (Å²) >= 11 is 0. The van der Waals surface area contributed by atoms with E-state index in [1.54, 1.807) is 14.2 Å². The van der Waals surface area contributed by atoms with Crippen LogP contribution in [0.4, 0.5) is 0 Å². The number of aliphatic imine (C=N–C) groups is 1. The van der Waals surface area contributed by atoms with Crippen LogP contribution >= 0.6 is 24.0 Å². The Morgan fingerprint density at radius 3 is 2.55 bits per heavy atom. The van der Waals surface area contributed by atoms with Gasteiger partial charge in [-0.1, -0.05) is 32.0 Å². The lowest BCUT2D eigenvalue weighted by Gasteiger charge is -2.14. The number of rotatable bonds is 6. The molecule has 0 amide bonds. The molecule has 0 aliphatic carbocycles. The van der Waals surface area contributed by atoms with Crippen LogP contribution in [0.2, 0.25) is 0 Å². The number of benzene rings is 1. The predicted molar refractivity (Wildman–Crippen MR) is 96.3 cm³/mol. The lowest BCUT2D eigenvalue weighted by atomic mass is 10.1. The number of ether oxygens (including phenoxy) is 1. The average molecular weight is 391 g/mol. The van der Waals surface area contributed by atoms with Crippen molar-refractivity contribution in [2.45, 2.75) is 20.3 Å². The van der Waals surface area contributed by atoms with Gasteiger partial charge in [0.2, 0.25) is 0 Å². The van der Waals surface area contributed by atoms with E-state index in [-0.39, 0.29) is 24.0 Å². The third-order valence-corrected chi connectivity index (χ3v) is 2.78. The summed E-state index contributed by atoms with van der Waals surface area (Å²) < 4.78 is 5.33. The van der Waals surface area contributed by atoms with E-state index in [1.807, 2.05) is 18.2 Å². The van der Waals surface area contributed by atoms with Gasteiger partial charge in [-0.25, -0.2) is 0 Å². The van der Waals surface area contributed by atoms with Crippen molar-refractivity contribution in [3.05, 3.63) is 29.8 Å². The van der Waals surface area contributed by atoms with E-state index < -0.39 is 0 Å². The number of guanidine groups is 1. The molecule has 4 nitrogen and oxygen atoms in total. The molecule has 0 bridgehead atoms. The maximum Gasteiger partial charge on any atom is 0.190 e. The van der Waals surface area contributed by atoms with Gasteiger partial charge in [0.05, 0.1) is 7.11 Å². The molecular formula is C15H26IN3O. The van der Waals surface area contributed by atoms with Crippen LogP contribution in [0, 0.1) is 5.92 Å². The van der Waals surface area contributed by atoms with Crippen molar-refractivity contribution in [2.75, 3.05) is 27.2 Å². The quantitative estimate of drug-likeness (QED) is 0.445. The highest BCUT2D eigenvalue weighted by atomic mass is 127. The number of hydrogen-bond donors (Lipinski definition) is 2. The number of methoxy groups -OCH3 is 1. The van der Waals surface area contributed by atoms with E-state index >= 15 is 0 Å². The van der Waals surface area contributed by atoms with Gasteiger partial charge in [0, 0.05) is 20.1 Å². The van der Waals surface area contributed by atoms with Gasteiger partial charge in [0.25, 0.3) is 0 Å². The van der Waals surface area contributed by atoms with E-state index in [0.29, 0.717) is 5.92 Å². The SMILES string of the molecule is CN=C(NCCc1ccccc1OC)NCC(C)C.I. The lowest BCUT2D eigenvalue weighted by molar-refractivity contribution is 0.409. The maximum absolute atomic E-state index is 5.33. The van der Waals surface area contributed by atoms with Crippen molar-refractivity contribution >= 4 is 29.9 Å². The van der Waals surface area contributed by atoms with Crippen molar-refractivity contribution in [1.82, 2.24) is 10.6 Å². The molecule has 0 radical (unpaired) electrons. The fourth-order valence-electron chi connectivity index (χ4n) is 1.75. The minimum atomic E-state index is 0. The van der Waals surface area contributed by atoms with Crippen molar-refractivity contribution in [3.63, 3.8) is 0 Å². The molecule has 0 aliphatic heterocycles. The second-order valence-electron chi connectivity index (χ2n) is 4.84. The van der Waals surface area contributed by atoms with Gasteiger partial charge >= 0.3 is 0 Å². The number of nitrogens with zero attached hydrogens (tertiary/aromatic N) is 1. The first kappa shape index (κ1) is 19.0. The van der Waals surface area contributed by atoms with E-state index in [9.17, 15) is 0 Å². The Hall–Kier alpha value is -0.980. The lowest BCUT2D eigenvalue weighted by Crippen LogP contribution is -2.39. The zero-order valence-corrected chi connectivity index (χ0v) is 15.1. The minimum absolute atomic E-state index is 0. The van der Waals surface area contributed by atoms with Crippen LogP contribution in [-0.2, 0) is 6.42 Å². The summed E-state index contributed by atoms with van der Waals surface area (Å²) in [6.45, 7) is 6.11. The molecule has 0 spiro atoms. The smallest absolute Gasteiger partial charge is 0.190 e. The highest BCUT2D eigenvalue weighted by Gasteiger charge is 2.02. The average Bonchev–Trinajstić information content (AvgIpc) is 2.42. The molecule has 1 aromatic carbocycles. The third kappa shape index (κ3) is 6.98. The first-order chi connectivity index (χ1) is 9.17. The fourth-order valence-corrected chi connectivity index (χ4v) is 1.75.